The van der Waals surface area contributed by atoms with Gasteiger partial charge in [0.05, 0.1) is 6.61 Å². The highest BCUT2D eigenvalue weighted by Gasteiger charge is 2.36. The van der Waals surface area contributed by atoms with Gasteiger partial charge in [0, 0.05) is 23.7 Å². The van der Waals surface area contributed by atoms with Crippen LogP contribution in [0.15, 0.2) is 12.1 Å². The molecular formula is C18H28N2O. The lowest BCUT2D eigenvalue weighted by Crippen LogP contribution is -2.43. The van der Waals surface area contributed by atoms with Crippen LogP contribution >= 0.6 is 0 Å². The number of piperidine rings is 1. The third-order valence-electron chi connectivity index (χ3n) is 5.11. The van der Waals surface area contributed by atoms with Crippen LogP contribution in [-0.2, 0) is 12.0 Å². The Balaban J connectivity index is 1.97. The maximum absolute atomic E-state index is 9.59. The molecule has 1 aromatic heterocycles. The summed E-state index contributed by atoms with van der Waals surface area (Å²) in [4.78, 5) is 7.47. The van der Waals surface area contributed by atoms with Crippen LogP contribution in [0.1, 0.15) is 64.1 Å². The van der Waals surface area contributed by atoms with E-state index >= 15 is 0 Å². The molecule has 1 aliphatic carbocycles. The fourth-order valence-corrected chi connectivity index (χ4v) is 3.93. The Kier molecular flexibility index (Phi) is 3.96. The lowest BCUT2D eigenvalue weighted by molar-refractivity contribution is 0.281. The second kappa shape index (κ2) is 5.60. The van der Waals surface area contributed by atoms with Crippen molar-refractivity contribution in [3.8, 4) is 0 Å². The number of rotatable bonds is 2. The van der Waals surface area contributed by atoms with Crippen LogP contribution in [0, 0.1) is 5.92 Å². The zero-order valence-corrected chi connectivity index (χ0v) is 13.6. The summed E-state index contributed by atoms with van der Waals surface area (Å²) < 4.78 is 0. The summed E-state index contributed by atoms with van der Waals surface area (Å²) in [5.41, 5.74) is 2.10. The summed E-state index contributed by atoms with van der Waals surface area (Å²) >= 11 is 0. The van der Waals surface area contributed by atoms with Crippen molar-refractivity contribution in [2.45, 2.75) is 70.9 Å². The molecule has 1 N–H and O–H groups in total. The molecule has 2 fully saturated rings. The highest BCUT2D eigenvalue weighted by atomic mass is 16.3. The van der Waals surface area contributed by atoms with E-state index in [9.17, 15) is 5.11 Å². The van der Waals surface area contributed by atoms with E-state index in [-0.39, 0.29) is 12.0 Å². The van der Waals surface area contributed by atoms with E-state index in [4.69, 9.17) is 4.98 Å². The number of aromatic nitrogens is 1. The molecule has 3 rings (SSSR count). The third-order valence-corrected chi connectivity index (χ3v) is 5.11. The van der Waals surface area contributed by atoms with E-state index in [1.165, 1.54) is 32.1 Å². The van der Waals surface area contributed by atoms with E-state index in [2.05, 4.69) is 37.8 Å². The average Bonchev–Trinajstić information content (AvgIpc) is 2.94. The highest BCUT2D eigenvalue weighted by molar-refractivity contribution is 5.46. The molecule has 0 spiro atoms. The first kappa shape index (κ1) is 14.8. The lowest BCUT2D eigenvalue weighted by Gasteiger charge is -2.39. The van der Waals surface area contributed by atoms with Gasteiger partial charge in [-0.2, -0.15) is 0 Å². The van der Waals surface area contributed by atoms with Crippen molar-refractivity contribution in [1.82, 2.24) is 4.98 Å². The molecule has 3 nitrogen and oxygen atoms in total. The molecule has 1 saturated heterocycles. The summed E-state index contributed by atoms with van der Waals surface area (Å²) in [5, 5.41) is 9.59. The largest absolute Gasteiger partial charge is 0.392 e. The third kappa shape index (κ3) is 2.94. The Morgan fingerprint density at radius 3 is 2.67 bits per heavy atom. The summed E-state index contributed by atoms with van der Waals surface area (Å²) in [6.45, 7) is 7.78. The maximum Gasteiger partial charge on any atom is 0.129 e. The first-order chi connectivity index (χ1) is 9.99. The molecule has 2 heterocycles. The fourth-order valence-electron chi connectivity index (χ4n) is 3.93. The topological polar surface area (TPSA) is 36.4 Å². The van der Waals surface area contributed by atoms with E-state index in [0.29, 0.717) is 6.04 Å². The van der Waals surface area contributed by atoms with Crippen LogP contribution in [0.3, 0.4) is 0 Å². The van der Waals surface area contributed by atoms with Crippen molar-refractivity contribution in [2.75, 3.05) is 11.4 Å². The van der Waals surface area contributed by atoms with Crippen molar-refractivity contribution in [2.24, 2.45) is 5.92 Å². The van der Waals surface area contributed by atoms with Gasteiger partial charge in [-0.25, -0.2) is 4.98 Å². The van der Waals surface area contributed by atoms with Crippen molar-refractivity contribution < 1.29 is 5.11 Å². The Labute approximate surface area is 128 Å². The fraction of sp³-hybridized carbons (Fsp3) is 0.722. The van der Waals surface area contributed by atoms with Crippen LogP contribution < -0.4 is 4.90 Å². The zero-order valence-electron chi connectivity index (χ0n) is 13.6. The van der Waals surface area contributed by atoms with Crippen molar-refractivity contribution in [1.29, 1.82) is 0 Å². The van der Waals surface area contributed by atoms with Crippen LogP contribution in [0.2, 0.25) is 0 Å². The smallest absolute Gasteiger partial charge is 0.129 e. The monoisotopic (exact) mass is 288 g/mol. The van der Waals surface area contributed by atoms with Crippen LogP contribution in [0.5, 0.6) is 0 Å². The first-order valence-electron chi connectivity index (χ1n) is 8.38. The number of hydrogen-bond acceptors (Lipinski definition) is 3. The van der Waals surface area contributed by atoms with E-state index in [0.717, 1.165) is 29.5 Å². The average molecular weight is 288 g/mol. The molecule has 0 radical (unpaired) electrons. The molecule has 2 atom stereocenters. The van der Waals surface area contributed by atoms with Gasteiger partial charge in [0.1, 0.15) is 5.82 Å². The molecule has 0 bridgehead atoms. The lowest BCUT2D eigenvalue weighted by atomic mass is 9.90. The molecule has 1 aromatic rings. The Bertz CT molecular complexity index is 506. The maximum atomic E-state index is 9.59. The molecule has 2 unspecified atom stereocenters. The standard InChI is InChI=1S/C18H28N2O/c1-18(2,3)16-10-13(12-21)11-17(19-16)20-9-5-7-14-6-4-8-15(14)20/h10-11,14-15,21H,4-9,12H2,1-3H3. The van der Waals surface area contributed by atoms with E-state index in [1.807, 2.05) is 0 Å². The Hall–Kier alpha value is -1.09. The molecule has 116 valence electrons. The van der Waals surface area contributed by atoms with Crippen LogP contribution in [0.4, 0.5) is 5.82 Å². The Morgan fingerprint density at radius 2 is 1.95 bits per heavy atom. The van der Waals surface area contributed by atoms with Crippen LogP contribution in [0.25, 0.3) is 0 Å². The van der Waals surface area contributed by atoms with Crippen molar-refractivity contribution in [3.05, 3.63) is 23.4 Å². The summed E-state index contributed by atoms with van der Waals surface area (Å²) in [7, 11) is 0. The number of hydrogen-bond donors (Lipinski definition) is 1. The van der Waals surface area contributed by atoms with Gasteiger partial charge in [-0.15, -0.1) is 0 Å². The highest BCUT2D eigenvalue weighted by Crippen LogP contribution is 2.39. The SMILES string of the molecule is CC(C)(C)c1cc(CO)cc(N2CCCC3CCCC32)n1. The number of anilines is 1. The quantitative estimate of drug-likeness (QED) is 0.902. The van der Waals surface area contributed by atoms with E-state index < -0.39 is 0 Å². The summed E-state index contributed by atoms with van der Waals surface area (Å²) in [5.74, 6) is 1.94. The molecular weight excluding hydrogens is 260 g/mol. The predicted molar refractivity (Wildman–Crippen MR) is 86.6 cm³/mol. The molecule has 0 amide bonds. The van der Waals surface area contributed by atoms with E-state index in [1.54, 1.807) is 0 Å². The zero-order chi connectivity index (χ0) is 15.0. The number of pyridine rings is 1. The van der Waals surface area contributed by atoms with Gasteiger partial charge in [-0.1, -0.05) is 27.2 Å². The minimum absolute atomic E-state index is 0.0186. The molecule has 1 saturated carbocycles. The van der Waals surface area contributed by atoms with Gasteiger partial charge in [-0.3, -0.25) is 0 Å². The normalized spacial score (nSPS) is 26.0. The molecule has 0 aromatic carbocycles. The number of nitrogens with zero attached hydrogens (tertiary/aromatic N) is 2. The summed E-state index contributed by atoms with van der Waals surface area (Å²) in [6.07, 6.45) is 6.70. The number of aliphatic hydroxyl groups is 1. The van der Waals surface area contributed by atoms with Crippen LogP contribution in [-0.4, -0.2) is 22.7 Å². The summed E-state index contributed by atoms with van der Waals surface area (Å²) in [6, 6.07) is 4.82. The minimum atomic E-state index is 0.0186. The van der Waals surface area contributed by atoms with Gasteiger partial charge >= 0.3 is 0 Å². The molecule has 2 aliphatic rings. The van der Waals surface area contributed by atoms with Gasteiger partial charge in [0.2, 0.25) is 0 Å². The number of fused-ring (bicyclic) bond motifs is 1. The second-order valence-corrected chi connectivity index (χ2v) is 7.72. The molecule has 1 aliphatic heterocycles. The minimum Gasteiger partial charge on any atom is -0.392 e. The van der Waals surface area contributed by atoms with Crippen molar-refractivity contribution in [3.63, 3.8) is 0 Å². The molecule has 21 heavy (non-hydrogen) atoms. The Morgan fingerprint density at radius 1 is 1.19 bits per heavy atom. The molecule has 3 heteroatoms. The first-order valence-corrected chi connectivity index (χ1v) is 8.38. The van der Waals surface area contributed by atoms with Gasteiger partial charge in [0.25, 0.3) is 0 Å². The second-order valence-electron chi connectivity index (χ2n) is 7.72. The van der Waals surface area contributed by atoms with Gasteiger partial charge < -0.3 is 10.0 Å². The number of aliphatic hydroxyl groups excluding tert-OH is 1. The predicted octanol–water partition coefficient (Wildman–Crippen LogP) is 3.64. The van der Waals surface area contributed by atoms with Gasteiger partial charge in [0.15, 0.2) is 0 Å². The van der Waals surface area contributed by atoms with Gasteiger partial charge in [-0.05, 0) is 49.3 Å². The van der Waals surface area contributed by atoms with Crippen molar-refractivity contribution >= 4 is 5.82 Å².